The van der Waals surface area contributed by atoms with Gasteiger partial charge in [-0.15, -0.1) is 0 Å². The van der Waals surface area contributed by atoms with Crippen LogP contribution in [-0.2, 0) is 6.42 Å². The summed E-state index contributed by atoms with van der Waals surface area (Å²) in [6.07, 6.45) is 4.16. The highest BCUT2D eigenvalue weighted by Gasteiger charge is 2.08. The van der Waals surface area contributed by atoms with Crippen molar-refractivity contribution in [1.82, 2.24) is 0 Å². The van der Waals surface area contributed by atoms with Crippen molar-refractivity contribution in [1.29, 1.82) is 0 Å². The predicted molar refractivity (Wildman–Crippen MR) is 53.3 cm³/mol. The summed E-state index contributed by atoms with van der Waals surface area (Å²) in [5.74, 6) is 0.361. The van der Waals surface area contributed by atoms with Crippen LogP contribution in [0.15, 0.2) is 22.7 Å². The molecular formula is C10H9BrO. The molecule has 1 nitrogen and oxygen atoms in total. The normalized spacial score (nSPS) is 15.2. The van der Waals surface area contributed by atoms with Crippen LogP contribution in [0.5, 0.6) is 5.75 Å². The number of aryl methyl sites for hydroxylation is 1. The van der Waals surface area contributed by atoms with E-state index in [0.717, 1.165) is 12.8 Å². The fourth-order valence-corrected chi connectivity index (χ4v) is 1.89. The van der Waals surface area contributed by atoms with E-state index in [1.165, 1.54) is 15.6 Å². The van der Waals surface area contributed by atoms with Crippen LogP contribution in [0.3, 0.4) is 0 Å². The molecule has 0 spiro atoms. The quantitative estimate of drug-likeness (QED) is 0.719. The SMILES string of the molecule is Oc1ccc2c(c1)CCC(Br)=C2. The monoisotopic (exact) mass is 224 g/mol. The number of phenols is 1. The van der Waals surface area contributed by atoms with E-state index in [9.17, 15) is 5.11 Å². The summed E-state index contributed by atoms with van der Waals surface area (Å²) in [6, 6.07) is 5.51. The van der Waals surface area contributed by atoms with Crippen LogP contribution in [0.25, 0.3) is 6.08 Å². The molecule has 0 heterocycles. The van der Waals surface area contributed by atoms with E-state index >= 15 is 0 Å². The van der Waals surface area contributed by atoms with E-state index in [1.807, 2.05) is 12.1 Å². The molecule has 0 radical (unpaired) electrons. The average molecular weight is 225 g/mol. The third-order valence-corrected chi connectivity index (χ3v) is 2.70. The second-order valence-corrected chi connectivity index (χ2v) is 3.99. The molecular weight excluding hydrogens is 216 g/mol. The molecule has 2 rings (SSSR count). The Morgan fingerprint density at radius 3 is 2.92 bits per heavy atom. The van der Waals surface area contributed by atoms with Gasteiger partial charge < -0.3 is 5.11 Å². The number of benzene rings is 1. The Labute approximate surface area is 79.9 Å². The van der Waals surface area contributed by atoms with Crippen molar-refractivity contribution in [3.63, 3.8) is 0 Å². The fourth-order valence-electron chi connectivity index (χ4n) is 1.44. The predicted octanol–water partition coefficient (Wildman–Crippen LogP) is 3.07. The van der Waals surface area contributed by atoms with Crippen LogP contribution in [0, 0.1) is 0 Å². The number of hydrogen-bond acceptors (Lipinski definition) is 1. The molecule has 0 bridgehead atoms. The Morgan fingerprint density at radius 2 is 2.08 bits per heavy atom. The first-order valence-corrected chi connectivity index (χ1v) is 4.73. The van der Waals surface area contributed by atoms with Gasteiger partial charge in [0.15, 0.2) is 0 Å². The van der Waals surface area contributed by atoms with Crippen LogP contribution < -0.4 is 0 Å². The van der Waals surface area contributed by atoms with Gasteiger partial charge in [0.1, 0.15) is 5.75 Å². The summed E-state index contributed by atoms with van der Waals surface area (Å²) in [5, 5.41) is 9.22. The van der Waals surface area contributed by atoms with E-state index in [0.29, 0.717) is 5.75 Å². The third kappa shape index (κ3) is 1.39. The van der Waals surface area contributed by atoms with Gasteiger partial charge in [0, 0.05) is 0 Å². The maximum atomic E-state index is 9.22. The molecule has 0 amide bonds. The van der Waals surface area contributed by atoms with Gasteiger partial charge in [-0.25, -0.2) is 0 Å². The molecule has 0 aromatic heterocycles. The molecule has 12 heavy (non-hydrogen) atoms. The standard InChI is InChI=1S/C10H9BrO/c11-9-3-1-8-6-10(12)4-2-7(8)5-9/h2,4-6,12H,1,3H2. The second kappa shape index (κ2) is 2.94. The highest BCUT2D eigenvalue weighted by molar-refractivity contribution is 9.11. The number of fused-ring (bicyclic) bond motifs is 1. The van der Waals surface area contributed by atoms with Gasteiger partial charge in [0.2, 0.25) is 0 Å². The summed E-state index contributed by atoms with van der Waals surface area (Å²) in [6.45, 7) is 0. The van der Waals surface area contributed by atoms with E-state index in [-0.39, 0.29) is 0 Å². The lowest BCUT2D eigenvalue weighted by atomic mass is 9.97. The Bertz CT molecular complexity index is 342. The molecule has 0 saturated heterocycles. The van der Waals surface area contributed by atoms with E-state index in [2.05, 4.69) is 22.0 Å². The summed E-state index contributed by atoms with van der Waals surface area (Å²) in [5.41, 5.74) is 2.45. The third-order valence-electron chi connectivity index (χ3n) is 2.07. The van der Waals surface area contributed by atoms with Gasteiger partial charge in [-0.1, -0.05) is 22.0 Å². The topological polar surface area (TPSA) is 20.2 Å². The van der Waals surface area contributed by atoms with E-state index in [1.54, 1.807) is 6.07 Å². The van der Waals surface area contributed by atoms with Gasteiger partial charge in [-0.3, -0.25) is 0 Å². The molecule has 0 aliphatic heterocycles. The fraction of sp³-hybridized carbons (Fsp3) is 0.200. The molecule has 1 aliphatic carbocycles. The molecule has 2 heteroatoms. The van der Waals surface area contributed by atoms with Gasteiger partial charge in [0.25, 0.3) is 0 Å². The maximum absolute atomic E-state index is 9.22. The number of aromatic hydroxyl groups is 1. The molecule has 1 N–H and O–H groups in total. The lowest BCUT2D eigenvalue weighted by Gasteiger charge is -2.12. The van der Waals surface area contributed by atoms with Gasteiger partial charge in [0.05, 0.1) is 0 Å². The van der Waals surface area contributed by atoms with Crippen molar-refractivity contribution in [2.75, 3.05) is 0 Å². The van der Waals surface area contributed by atoms with Crippen molar-refractivity contribution >= 4 is 22.0 Å². The number of rotatable bonds is 0. The van der Waals surface area contributed by atoms with E-state index < -0.39 is 0 Å². The zero-order valence-electron chi connectivity index (χ0n) is 6.55. The van der Waals surface area contributed by atoms with Gasteiger partial charge in [-0.05, 0) is 46.7 Å². The molecule has 0 saturated carbocycles. The first-order valence-electron chi connectivity index (χ1n) is 3.94. The largest absolute Gasteiger partial charge is 0.508 e. The summed E-state index contributed by atoms with van der Waals surface area (Å²) < 4.78 is 1.24. The zero-order chi connectivity index (χ0) is 8.55. The minimum Gasteiger partial charge on any atom is -0.508 e. The first kappa shape index (κ1) is 7.87. The molecule has 1 aromatic rings. The smallest absolute Gasteiger partial charge is 0.115 e. The van der Waals surface area contributed by atoms with Gasteiger partial charge >= 0.3 is 0 Å². The lowest BCUT2D eigenvalue weighted by molar-refractivity contribution is 0.474. The minimum atomic E-state index is 0.361. The minimum absolute atomic E-state index is 0.361. The van der Waals surface area contributed by atoms with Crippen LogP contribution in [-0.4, -0.2) is 5.11 Å². The summed E-state index contributed by atoms with van der Waals surface area (Å²) in [4.78, 5) is 0. The Balaban J connectivity index is 2.51. The second-order valence-electron chi connectivity index (χ2n) is 2.97. The number of phenolic OH excluding ortho intramolecular Hbond substituents is 1. The Hall–Kier alpha value is -0.760. The molecule has 1 aliphatic rings. The number of halogens is 1. The van der Waals surface area contributed by atoms with Crippen molar-refractivity contribution in [3.05, 3.63) is 33.8 Å². The summed E-state index contributed by atoms with van der Waals surface area (Å²) >= 11 is 3.48. The average Bonchev–Trinajstić information content (AvgIpc) is 2.05. The molecule has 0 fully saturated rings. The van der Waals surface area contributed by atoms with E-state index in [4.69, 9.17) is 0 Å². The Kier molecular flexibility index (Phi) is 1.93. The van der Waals surface area contributed by atoms with Crippen molar-refractivity contribution < 1.29 is 5.11 Å². The Morgan fingerprint density at radius 1 is 1.25 bits per heavy atom. The highest BCUT2D eigenvalue weighted by atomic mass is 79.9. The highest BCUT2D eigenvalue weighted by Crippen LogP contribution is 2.29. The zero-order valence-corrected chi connectivity index (χ0v) is 8.13. The van der Waals surface area contributed by atoms with Crippen LogP contribution >= 0.6 is 15.9 Å². The molecule has 0 atom stereocenters. The van der Waals surface area contributed by atoms with Crippen LogP contribution in [0.4, 0.5) is 0 Å². The molecule has 1 aromatic carbocycles. The van der Waals surface area contributed by atoms with Crippen LogP contribution in [0.2, 0.25) is 0 Å². The van der Waals surface area contributed by atoms with Crippen molar-refractivity contribution in [3.8, 4) is 5.75 Å². The number of hydrogen-bond donors (Lipinski definition) is 1. The number of allylic oxidation sites excluding steroid dienone is 1. The summed E-state index contributed by atoms with van der Waals surface area (Å²) in [7, 11) is 0. The van der Waals surface area contributed by atoms with Gasteiger partial charge in [-0.2, -0.15) is 0 Å². The van der Waals surface area contributed by atoms with Crippen molar-refractivity contribution in [2.45, 2.75) is 12.8 Å². The van der Waals surface area contributed by atoms with Crippen molar-refractivity contribution in [2.24, 2.45) is 0 Å². The van der Waals surface area contributed by atoms with Crippen LogP contribution in [0.1, 0.15) is 17.5 Å². The maximum Gasteiger partial charge on any atom is 0.115 e. The first-order chi connectivity index (χ1) is 5.75. The lowest BCUT2D eigenvalue weighted by Crippen LogP contribution is -1.95. The molecule has 0 unspecified atom stereocenters. The molecule has 62 valence electrons.